The first-order chi connectivity index (χ1) is 9.54. The maximum atomic E-state index is 13.8. The molecule has 0 radical (unpaired) electrons. The van der Waals surface area contributed by atoms with Crippen LogP contribution in [-0.4, -0.2) is 26.4 Å². The lowest BCUT2D eigenvalue weighted by molar-refractivity contribution is -0.133. The van der Waals surface area contributed by atoms with Gasteiger partial charge in [0, 0.05) is 6.04 Å². The molecule has 0 aliphatic rings. The summed E-state index contributed by atoms with van der Waals surface area (Å²) in [5.41, 5.74) is 0.948. The van der Waals surface area contributed by atoms with E-state index in [9.17, 15) is 9.18 Å². The number of aliphatic carboxylic acids is 1. The van der Waals surface area contributed by atoms with Crippen LogP contribution in [0.25, 0.3) is 11.0 Å². The highest BCUT2D eigenvalue weighted by molar-refractivity contribution is 7.99. The number of carboxylic acid groups (broad SMARTS) is 1. The Morgan fingerprint density at radius 2 is 2.40 bits per heavy atom. The fourth-order valence-corrected chi connectivity index (χ4v) is 2.89. The van der Waals surface area contributed by atoms with Crippen molar-refractivity contribution < 1.29 is 14.3 Å². The maximum absolute atomic E-state index is 13.8. The van der Waals surface area contributed by atoms with Gasteiger partial charge in [-0.1, -0.05) is 23.9 Å². The molecule has 0 aliphatic heterocycles. The molecule has 2 rings (SSSR count). The van der Waals surface area contributed by atoms with E-state index in [0.717, 1.165) is 11.8 Å². The highest BCUT2D eigenvalue weighted by Crippen LogP contribution is 2.30. The minimum absolute atomic E-state index is 0.0376. The summed E-state index contributed by atoms with van der Waals surface area (Å²) < 4.78 is 15.7. The lowest BCUT2D eigenvalue weighted by atomic mass is 10.2. The Morgan fingerprint density at radius 1 is 1.65 bits per heavy atom. The minimum atomic E-state index is -0.926. The third-order valence-electron chi connectivity index (χ3n) is 2.91. The van der Waals surface area contributed by atoms with Gasteiger partial charge >= 0.3 is 5.97 Å². The summed E-state index contributed by atoms with van der Waals surface area (Å²) in [6.45, 7) is 5.67. The zero-order valence-electron chi connectivity index (χ0n) is 11.0. The van der Waals surface area contributed by atoms with Crippen LogP contribution in [0.1, 0.15) is 19.4 Å². The van der Waals surface area contributed by atoms with Crippen molar-refractivity contribution in [2.24, 2.45) is 0 Å². The largest absolute Gasteiger partial charge is 0.481 e. The van der Waals surface area contributed by atoms with Crippen LogP contribution in [0.5, 0.6) is 0 Å². The lowest BCUT2D eigenvalue weighted by Gasteiger charge is -2.15. The molecule has 4 nitrogen and oxygen atoms in total. The fourth-order valence-electron chi connectivity index (χ4n) is 2.06. The van der Waals surface area contributed by atoms with Gasteiger partial charge in [0.2, 0.25) is 0 Å². The summed E-state index contributed by atoms with van der Waals surface area (Å²) in [5, 5.41) is 9.30. The van der Waals surface area contributed by atoms with Gasteiger partial charge in [-0.3, -0.25) is 4.79 Å². The van der Waals surface area contributed by atoms with E-state index >= 15 is 0 Å². The van der Waals surface area contributed by atoms with Crippen molar-refractivity contribution in [1.29, 1.82) is 0 Å². The molecule has 0 spiro atoms. The Hall–Kier alpha value is -1.82. The van der Waals surface area contributed by atoms with E-state index in [1.165, 1.54) is 6.07 Å². The number of hydrogen-bond donors (Lipinski definition) is 1. The van der Waals surface area contributed by atoms with Gasteiger partial charge in [-0.15, -0.1) is 6.58 Å². The lowest BCUT2D eigenvalue weighted by Crippen LogP contribution is -2.07. The van der Waals surface area contributed by atoms with Gasteiger partial charge in [-0.25, -0.2) is 9.37 Å². The van der Waals surface area contributed by atoms with E-state index in [-0.39, 0.29) is 17.3 Å². The Morgan fingerprint density at radius 3 is 3.05 bits per heavy atom. The van der Waals surface area contributed by atoms with Crippen molar-refractivity contribution in [3.05, 3.63) is 36.7 Å². The molecule has 6 heteroatoms. The number of para-hydroxylation sites is 1. The number of fused-ring (bicyclic) bond motifs is 1. The minimum Gasteiger partial charge on any atom is -0.481 e. The number of rotatable bonds is 6. The van der Waals surface area contributed by atoms with Crippen LogP contribution in [0.3, 0.4) is 0 Å². The number of benzene rings is 1. The predicted molar refractivity (Wildman–Crippen MR) is 77.6 cm³/mol. The SMILES string of the molecule is C=CCC(C)n1c(SCC(=O)O)nc2c(F)cccc21. The van der Waals surface area contributed by atoms with E-state index < -0.39 is 11.8 Å². The number of hydrogen-bond acceptors (Lipinski definition) is 3. The number of thioether (sulfide) groups is 1. The van der Waals surface area contributed by atoms with Crippen molar-refractivity contribution >= 4 is 28.8 Å². The van der Waals surface area contributed by atoms with Crippen LogP contribution >= 0.6 is 11.8 Å². The first-order valence-corrected chi connectivity index (χ1v) is 7.15. The van der Waals surface area contributed by atoms with Gasteiger partial charge < -0.3 is 9.67 Å². The summed E-state index contributed by atoms with van der Waals surface area (Å²) in [5.74, 6) is -1.43. The molecule has 20 heavy (non-hydrogen) atoms. The van der Waals surface area contributed by atoms with Gasteiger partial charge in [-0.05, 0) is 25.5 Å². The molecule has 0 fully saturated rings. The van der Waals surface area contributed by atoms with Crippen molar-refractivity contribution in [3.63, 3.8) is 0 Å². The fraction of sp³-hybridized carbons (Fsp3) is 0.286. The molecule has 0 saturated carbocycles. The number of carbonyl (C=O) groups is 1. The van der Waals surface area contributed by atoms with Crippen LogP contribution < -0.4 is 0 Å². The van der Waals surface area contributed by atoms with Crippen LogP contribution in [-0.2, 0) is 4.79 Å². The Balaban J connectivity index is 2.53. The monoisotopic (exact) mass is 294 g/mol. The molecule has 2 aromatic rings. The highest BCUT2D eigenvalue weighted by atomic mass is 32.2. The topological polar surface area (TPSA) is 55.1 Å². The molecule has 0 aliphatic carbocycles. The number of aromatic nitrogens is 2. The third-order valence-corrected chi connectivity index (χ3v) is 3.85. The van der Waals surface area contributed by atoms with Gasteiger partial charge in [0.25, 0.3) is 0 Å². The maximum Gasteiger partial charge on any atom is 0.313 e. The van der Waals surface area contributed by atoms with E-state index in [1.807, 2.05) is 11.5 Å². The summed E-state index contributed by atoms with van der Waals surface area (Å²) in [7, 11) is 0. The standard InChI is InChI=1S/C14H15FN2O2S/c1-3-5-9(2)17-11-7-4-6-10(15)13(11)16-14(17)20-8-12(18)19/h3-4,6-7,9H,1,5,8H2,2H3,(H,18,19). The molecule has 1 aromatic heterocycles. The van der Waals surface area contributed by atoms with Gasteiger partial charge in [0.05, 0.1) is 11.3 Å². The number of nitrogens with zero attached hydrogens (tertiary/aromatic N) is 2. The molecular weight excluding hydrogens is 279 g/mol. The number of allylic oxidation sites excluding steroid dienone is 1. The van der Waals surface area contributed by atoms with Crippen LogP contribution in [0, 0.1) is 5.82 Å². The second-order valence-electron chi connectivity index (χ2n) is 4.43. The molecule has 106 valence electrons. The molecule has 1 atom stereocenters. The van der Waals surface area contributed by atoms with E-state index in [0.29, 0.717) is 17.1 Å². The zero-order valence-corrected chi connectivity index (χ0v) is 11.9. The first kappa shape index (κ1) is 14.6. The molecule has 0 bridgehead atoms. The Labute approximate surface area is 120 Å². The quantitative estimate of drug-likeness (QED) is 0.654. The normalized spacial score (nSPS) is 12.5. The van der Waals surface area contributed by atoms with Crippen LogP contribution in [0.15, 0.2) is 36.0 Å². The molecule has 1 N–H and O–H groups in total. The van der Waals surface area contributed by atoms with Crippen molar-refractivity contribution in [2.75, 3.05) is 5.75 Å². The number of halogens is 1. The molecule has 1 unspecified atom stereocenters. The average molecular weight is 294 g/mol. The zero-order chi connectivity index (χ0) is 14.7. The molecule has 1 aromatic carbocycles. The van der Waals surface area contributed by atoms with Crippen molar-refractivity contribution in [2.45, 2.75) is 24.5 Å². The molecule has 1 heterocycles. The van der Waals surface area contributed by atoms with Gasteiger partial charge in [-0.2, -0.15) is 0 Å². The van der Waals surface area contributed by atoms with E-state index in [4.69, 9.17) is 5.11 Å². The van der Waals surface area contributed by atoms with Crippen molar-refractivity contribution in [3.8, 4) is 0 Å². The van der Waals surface area contributed by atoms with E-state index in [2.05, 4.69) is 11.6 Å². The van der Waals surface area contributed by atoms with Crippen molar-refractivity contribution in [1.82, 2.24) is 9.55 Å². The van der Waals surface area contributed by atoms with Crippen LogP contribution in [0.2, 0.25) is 0 Å². The molecule has 0 amide bonds. The summed E-state index contributed by atoms with van der Waals surface area (Å²) >= 11 is 1.10. The Bertz CT molecular complexity index is 654. The predicted octanol–water partition coefficient (Wildman–Crippen LogP) is 3.49. The molecule has 0 saturated heterocycles. The summed E-state index contributed by atoms with van der Waals surface area (Å²) in [4.78, 5) is 15.0. The highest BCUT2D eigenvalue weighted by Gasteiger charge is 2.18. The van der Waals surface area contributed by atoms with Gasteiger partial charge in [0.15, 0.2) is 11.0 Å². The summed E-state index contributed by atoms with van der Waals surface area (Å²) in [6.07, 6.45) is 2.48. The molecular formula is C14H15FN2O2S. The smallest absolute Gasteiger partial charge is 0.313 e. The average Bonchev–Trinajstić information content (AvgIpc) is 2.76. The number of carboxylic acids is 1. The first-order valence-electron chi connectivity index (χ1n) is 6.16. The van der Waals surface area contributed by atoms with Gasteiger partial charge in [0.1, 0.15) is 5.52 Å². The summed E-state index contributed by atoms with van der Waals surface area (Å²) in [6, 6.07) is 4.80. The number of imidazole rings is 1. The Kier molecular flexibility index (Phi) is 4.44. The second-order valence-corrected chi connectivity index (χ2v) is 5.37. The van der Waals surface area contributed by atoms with Crippen LogP contribution in [0.4, 0.5) is 4.39 Å². The third kappa shape index (κ3) is 2.85. The van der Waals surface area contributed by atoms with E-state index in [1.54, 1.807) is 18.2 Å². The second kappa shape index (κ2) is 6.09.